The Morgan fingerprint density at radius 1 is 1.15 bits per heavy atom. The van der Waals surface area contributed by atoms with Crippen LogP contribution in [0.15, 0.2) is 42.5 Å². The summed E-state index contributed by atoms with van der Waals surface area (Å²) < 4.78 is 45.1. The minimum atomic E-state index is -4.35. The normalized spacial score (nSPS) is 24.6. The van der Waals surface area contributed by atoms with Crippen molar-refractivity contribution in [1.29, 1.82) is 0 Å². The highest BCUT2D eigenvalue weighted by atomic mass is 35.5. The molecule has 1 aliphatic heterocycles. The second kappa shape index (κ2) is 8.67. The van der Waals surface area contributed by atoms with Crippen LogP contribution in [0, 0.1) is 18.3 Å². The summed E-state index contributed by atoms with van der Waals surface area (Å²) in [7, 11) is 1.24. The molecular weight excluding hydrogens is 455 g/mol. The Labute approximate surface area is 195 Å². The number of halogens is 4. The fraction of sp³-hybridized carbons (Fsp3) is 0.440. The van der Waals surface area contributed by atoms with Crippen LogP contribution in [0.5, 0.6) is 0 Å². The summed E-state index contributed by atoms with van der Waals surface area (Å²) >= 11 is 5.97. The van der Waals surface area contributed by atoms with Crippen molar-refractivity contribution in [2.24, 2.45) is 11.3 Å². The number of carbonyl (C=O) groups is 2. The fourth-order valence-corrected chi connectivity index (χ4v) is 5.26. The number of carbonyl (C=O) groups excluding carboxylic acids is 2. The molecule has 0 bridgehead atoms. The lowest BCUT2D eigenvalue weighted by Crippen LogP contribution is -2.72. The van der Waals surface area contributed by atoms with Gasteiger partial charge in [0.25, 0.3) is 0 Å². The van der Waals surface area contributed by atoms with Crippen LogP contribution in [0.2, 0.25) is 5.02 Å². The molecule has 2 aromatic rings. The topological polar surface area (TPSA) is 46.6 Å². The average molecular weight is 480 g/mol. The Kier molecular flexibility index (Phi) is 6.20. The predicted molar refractivity (Wildman–Crippen MR) is 119 cm³/mol. The summed E-state index contributed by atoms with van der Waals surface area (Å²) in [4.78, 5) is 27.1. The van der Waals surface area contributed by atoms with Crippen LogP contribution in [-0.4, -0.2) is 42.6 Å². The number of alkyl halides is 3. The molecule has 1 amide bonds. The number of rotatable bonds is 4. The van der Waals surface area contributed by atoms with Gasteiger partial charge in [0, 0.05) is 11.6 Å². The van der Waals surface area contributed by atoms with Crippen LogP contribution < -0.4 is 0 Å². The molecule has 4 nitrogen and oxygen atoms in total. The molecule has 1 saturated heterocycles. The molecule has 0 radical (unpaired) electrons. The number of benzene rings is 2. The molecule has 2 fully saturated rings. The second-order valence-electron chi connectivity index (χ2n) is 9.02. The predicted octanol–water partition coefficient (Wildman–Crippen LogP) is 5.59. The van der Waals surface area contributed by atoms with Gasteiger partial charge in [0.1, 0.15) is 5.41 Å². The minimum Gasteiger partial charge on any atom is -0.468 e. The quantitative estimate of drug-likeness (QED) is 0.537. The first-order valence-corrected chi connectivity index (χ1v) is 11.2. The van der Waals surface area contributed by atoms with Gasteiger partial charge in [0.05, 0.1) is 25.5 Å². The maximum Gasteiger partial charge on any atom is 0.391 e. The van der Waals surface area contributed by atoms with Crippen molar-refractivity contribution in [3.8, 4) is 11.1 Å². The number of amides is 1. The largest absolute Gasteiger partial charge is 0.468 e. The number of ether oxygens (including phenoxy) is 1. The molecule has 1 heterocycles. The van der Waals surface area contributed by atoms with Crippen LogP contribution in [0.25, 0.3) is 11.1 Å². The molecule has 0 N–H and O–H groups in total. The fourth-order valence-electron chi connectivity index (χ4n) is 5.14. The molecule has 176 valence electrons. The summed E-state index contributed by atoms with van der Waals surface area (Å²) in [6.07, 6.45) is -4.62. The SMILES string of the molecule is COC(=O)[C@]12CC[C@@H](C(F)(F)F)CC1N(C(=O)Cc1cc(-c3ccc(Cl)cc3)ccc1C)C2. The van der Waals surface area contributed by atoms with Crippen LogP contribution in [0.3, 0.4) is 0 Å². The Bertz CT molecular complexity index is 1070. The maximum absolute atomic E-state index is 13.4. The van der Waals surface area contributed by atoms with Gasteiger partial charge < -0.3 is 9.64 Å². The summed E-state index contributed by atoms with van der Waals surface area (Å²) in [6, 6.07) is 12.3. The molecule has 8 heteroatoms. The number of hydrogen-bond donors (Lipinski definition) is 0. The van der Waals surface area contributed by atoms with E-state index in [2.05, 4.69) is 0 Å². The first kappa shape index (κ1) is 23.6. The Hall–Kier alpha value is -2.54. The van der Waals surface area contributed by atoms with Crippen molar-refractivity contribution in [3.63, 3.8) is 0 Å². The van der Waals surface area contributed by atoms with Gasteiger partial charge in [0.15, 0.2) is 0 Å². The van der Waals surface area contributed by atoms with Gasteiger partial charge in [-0.15, -0.1) is 0 Å². The first-order valence-electron chi connectivity index (χ1n) is 10.9. The molecule has 3 atom stereocenters. The highest BCUT2D eigenvalue weighted by molar-refractivity contribution is 6.30. The van der Waals surface area contributed by atoms with Crippen molar-refractivity contribution in [2.75, 3.05) is 13.7 Å². The lowest BCUT2D eigenvalue weighted by atomic mass is 9.60. The third-order valence-corrected chi connectivity index (χ3v) is 7.41. The third-order valence-electron chi connectivity index (χ3n) is 7.16. The number of aryl methyl sites for hydroxylation is 1. The van der Waals surface area contributed by atoms with E-state index in [1.165, 1.54) is 12.0 Å². The van der Waals surface area contributed by atoms with E-state index in [0.717, 1.165) is 22.3 Å². The van der Waals surface area contributed by atoms with Crippen molar-refractivity contribution >= 4 is 23.5 Å². The van der Waals surface area contributed by atoms with Crippen molar-refractivity contribution in [2.45, 2.75) is 44.8 Å². The van der Waals surface area contributed by atoms with E-state index < -0.39 is 29.5 Å². The zero-order chi connectivity index (χ0) is 24.0. The minimum absolute atomic E-state index is 0.0533. The van der Waals surface area contributed by atoms with E-state index in [1.807, 2.05) is 37.3 Å². The van der Waals surface area contributed by atoms with Gasteiger partial charge in [-0.1, -0.05) is 41.9 Å². The highest BCUT2D eigenvalue weighted by Gasteiger charge is 2.64. The van der Waals surface area contributed by atoms with E-state index >= 15 is 0 Å². The summed E-state index contributed by atoms with van der Waals surface area (Å²) in [5, 5.41) is 0.623. The smallest absolute Gasteiger partial charge is 0.391 e. The Morgan fingerprint density at radius 3 is 2.45 bits per heavy atom. The van der Waals surface area contributed by atoms with E-state index in [0.29, 0.717) is 5.02 Å². The monoisotopic (exact) mass is 479 g/mol. The zero-order valence-corrected chi connectivity index (χ0v) is 19.2. The standard InChI is InChI=1S/C25H25ClF3NO3/c1-15-3-4-17(16-5-7-20(26)8-6-16)11-18(15)12-22(31)30-14-24(23(32)33-2)10-9-19(13-21(24)30)25(27,28)29/h3-8,11,19,21H,9-10,12-14H2,1-2H3/t19-,21?,24+/m1/s1. The molecule has 4 rings (SSSR count). The van der Waals surface area contributed by atoms with E-state index in [4.69, 9.17) is 16.3 Å². The molecule has 0 aromatic heterocycles. The third kappa shape index (κ3) is 4.35. The lowest BCUT2D eigenvalue weighted by Gasteiger charge is -2.59. The van der Waals surface area contributed by atoms with E-state index in [9.17, 15) is 22.8 Å². The summed E-state index contributed by atoms with van der Waals surface area (Å²) in [6.45, 7) is 1.99. The molecule has 33 heavy (non-hydrogen) atoms. The van der Waals surface area contributed by atoms with Crippen molar-refractivity contribution in [3.05, 3.63) is 58.6 Å². The second-order valence-corrected chi connectivity index (χ2v) is 9.46. The van der Waals surface area contributed by atoms with Crippen molar-refractivity contribution in [1.82, 2.24) is 4.90 Å². The van der Waals surface area contributed by atoms with Gasteiger partial charge in [-0.25, -0.2) is 0 Å². The van der Waals surface area contributed by atoms with Crippen LogP contribution in [-0.2, 0) is 20.7 Å². The number of nitrogens with zero attached hydrogens (tertiary/aromatic N) is 1. The average Bonchev–Trinajstić information content (AvgIpc) is 2.75. The number of likely N-dealkylation sites (tertiary alicyclic amines) is 1. The molecule has 1 unspecified atom stereocenters. The number of esters is 1. The molecule has 0 spiro atoms. The zero-order valence-electron chi connectivity index (χ0n) is 18.4. The number of fused-ring (bicyclic) bond motifs is 1. The van der Waals surface area contributed by atoms with Gasteiger partial charge in [-0.2, -0.15) is 13.2 Å². The van der Waals surface area contributed by atoms with E-state index in [1.54, 1.807) is 12.1 Å². The van der Waals surface area contributed by atoms with Gasteiger partial charge in [0.2, 0.25) is 5.91 Å². The van der Waals surface area contributed by atoms with Crippen molar-refractivity contribution < 1.29 is 27.5 Å². The van der Waals surface area contributed by atoms with Gasteiger partial charge in [-0.05, 0) is 60.6 Å². The van der Waals surface area contributed by atoms with E-state index in [-0.39, 0.29) is 38.1 Å². The molecule has 1 aliphatic carbocycles. The van der Waals surface area contributed by atoms with Gasteiger partial charge in [-0.3, -0.25) is 9.59 Å². The lowest BCUT2D eigenvalue weighted by molar-refractivity contribution is -0.222. The summed E-state index contributed by atoms with van der Waals surface area (Å²) in [5.41, 5.74) is 2.54. The molecular formula is C25H25ClF3NO3. The Morgan fingerprint density at radius 2 is 1.82 bits per heavy atom. The van der Waals surface area contributed by atoms with Crippen LogP contribution in [0.1, 0.15) is 30.4 Å². The van der Waals surface area contributed by atoms with Crippen LogP contribution in [0.4, 0.5) is 13.2 Å². The highest BCUT2D eigenvalue weighted by Crippen LogP contribution is 2.53. The first-order chi connectivity index (χ1) is 15.5. The molecule has 1 saturated carbocycles. The number of hydrogen-bond acceptors (Lipinski definition) is 3. The summed E-state index contributed by atoms with van der Waals surface area (Å²) in [5.74, 6) is -2.33. The maximum atomic E-state index is 13.4. The molecule has 2 aliphatic rings. The van der Waals surface area contributed by atoms with Gasteiger partial charge >= 0.3 is 12.1 Å². The number of methoxy groups -OCH3 is 1. The van der Waals surface area contributed by atoms with Crippen LogP contribution >= 0.6 is 11.6 Å². The Balaban J connectivity index is 1.55. The molecule has 2 aromatic carbocycles.